The Kier molecular flexibility index (Phi) is 6.59. The van der Waals surface area contributed by atoms with Gasteiger partial charge in [-0.15, -0.1) is 0 Å². The summed E-state index contributed by atoms with van der Waals surface area (Å²) in [5, 5.41) is 2.83. The van der Waals surface area contributed by atoms with E-state index in [1.165, 1.54) is 25.1 Å². The minimum absolute atomic E-state index is 0.0783. The minimum Gasteiger partial charge on any atom is -0.349 e. The van der Waals surface area contributed by atoms with Crippen molar-refractivity contribution < 1.29 is 18.8 Å². The third-order valence-corrected chi connectivity index (χ3v) is 4.95. The third kappa shape index (κ3) is 5.40. The second-order valence-electron chi connectivity index (χ2n) is 7.05. The Labute approximate surface area is 169 Å². The van der Waals surface area contributed by atoms with E-state index >= 15 is 0 Å². The topological polar surface area (TPSA) is 69.7 Å². The molecule has 1 heterocycles. The van der Waals surface area contributed by atoms with Gasteiger partial charge in [-0.2, -0.15) is 0 Å². The van der Waals surface area contributed by atoms with Crippen LogP contribution in [0.2, 0.25) is 0 Å². The number of nitrogens with zero attached hydrogens (tertiary/aromatic N) is 2. The standard InChI is InChI=1S/C22H24FN3O3/c1-16(27)24-20(17-6-3-2-4-7-17)15-21(28)25-10-12-26(13-11-25)22(29)18-8-5-9-19(23)14-18/h2-9,14,20H,10-13,15H2,1H3,(H,24,27). The van der Waals surface area contributed by atoms with Gasteiger partial charge in [0.25, 0.3) is 5.91 Å². The highest BCUT2D eigenvalue weighted by atomic mass is 19.1. The van der Waals surface area contributed by atoms with Gasteiger partial charge in [0.2, 0.25) is 11.8 Å². The van der Waals surface area contributed by atoms with Gasteiger partial charge < -0.3 is 15.1 Å². The van der Waals surface area contributed by atoms with Gasteiger partial charge >= 0.3 is 0 Å². The molecule has 1 saturated heterocycles. The molecule has 152 valence electrons. The molecule has 0 saturated carbocycles. The van der Waals surface area contributed by atoms with Crippen LogP contribution in [0.25, 0.3) is 0 Å². The zero-order valence-corrected chi connectivity index (χ0v) is 16.3. The smallest absolute Gasteiger partial charge is 0.254 e. The molecule has 2 aromatic rings. The van der Waals surface area contributed by atoms with Crippen LogP contribution in [-0.2, 0) is 9.59 Å². The number of piperazine rings is 1. The molecule has 1 fully saturated rings. The molecule has 1 aliphatic rings. The average Bonchev–Trinajstić information content (AvgIpc) is 2.73. The molecule has 1 N–H and O–H groups in total. The maximum absolute atomic E-state index is 13.4. The van der Waals surface area contributed by atoms with Gasteiger partial charge in [0.05, 0.1) is 12.5 Å². The Morgan fingerprint density at radius 2 is 1.62 bits per heavy atom. The highest BCUT2D eigenvalue weighted by Crippen LogP contribution is 2.19. The Hall–Kier alpha value is -3.22. The van der Waals surface area contributed by atoms with Crippen molar-refractivity contribution in [2.45, 2.75) is 19.4 Å². The number of amides is 3. The Morgan fingerprint density at radius 3 is 2.24 bits per heavy atom. The summed E-state index contributed by atoms with van der Waals surface area (Å²) >= 11 is 0. The van der Waals surface area contributed by atoms with Crippen LogP contribution in [0, 0.1) is 5.82 Å². The molecule has 0 aliphatic carbocycles. The van der Waals surface area contributed by atoms with E-state index in [1.807, 2.05) is 30.3 Å². The molecule has 0 bridgehead atoms. The van der Waals surface area contributed by atoms with Crippen LogP contribution in [0.5, 0.6) is 0 Å². The minimum atomic E-state index is -0.449. The normalized spacial score (nSPS) is 15.0. The van der Waals surface area contributed by atoms with Gasteiger partial charge in [-0.25, -0.2) is 4.39 Å². The molecule has 1 aliphatic heterocycles. The quantitative estimate of drug-likeness (QED) is 0.842. The third-order valence-electron chi connectivity index (χ3n) is 4.95. The lowest BCUT2D eigenvalue weighted by atomic mass is 10.0. The van der Waals surface area contributed by atoms with Gasteiger partial charge in [-0.3, -0.25) is 14.4 Å². The number of halogens is 1. The lowest BCUT2D eigenvalue weighted by Gasteiger charge is -2.35. The second kappa shape index (κ2) is 9.32. The summed E-state index contributed by atoms with van der Waals surface area (Å²) in [7, 11) is 0. The van der Waals surface area contributed by atoms with Crippen molar-refractivity contribution in [3.8, 4) is 0 Å². The van der Waals surface area contributed by atoms with E-state index in [0.717, 1.165) is 5.56 Å². The number of nitrogens with one attached hydrogen (secondary N) is 1. The zero-order valence-electron chi connectivity index (χ0n) is 16.3. The maximum Gasteiger partial charge on any atom is 0.254 e. The maximum atomic E-state index is 13.4. The van der Waals surface area contributed by atoms with Gasteiger partial charge in [0.15, 0.2) is 0 Å². The lowest BCUT2D eigenvalue weighted by molar-refractivity contribution is -0.133. The average molecular weight is 397 g/mol. The molecule has 7 heteroatoms. The Bertz CT molecular complexity index is 880. The Morgan fingerprint density at radius 1 is 0.966 bits per heavy atom. The summed E-state index contributed by atoms with van der Waals surface area (Å²) in [5.41, 5.74) is 1.18. The molecule has 2 aromatic carbocycles. The highest BCUT2D eigenvalue weighted by Gasteiger charge is 2.27. The number of carbonyl (C=O) groups is 3. The van der Waals surface area contributed by atoms with Crippen LogP contribution in [0.3, 0.4) is 0 Å². The van der Waals surface area contributed by atoms with E-state index in [0.29, 0.717) is 31.7 Å². The van der Waals surface area contributed by atoms with Crippen LogP contribution in [0.15, 0.2) is 54.6 Å². The van der Waals surface area contributed by atoms with Gasteiger partial charge in [0.1, 0.15) is 5.82 Å². The fourth-order valence-corrected chi connectivity index (χ4v) is 3.45. The van der Waals surface area contributed by atoms with Crippen LogP contribution in [0.1, 0.15) is 35.3 Å². The van der Waals surface area contributed by atoms with E-state index in [4.69, 9.17) is 0 Å². The van der Waals surface area contributed by atoms with Crippen molar-refractivity contribution >= 4 is 17.7 Å². The monoisotopic (exact) mass is 397 g/mol. The molecule has 0 spiro atoms. The number of rotatable bonds is 5. The van der Waals surface area contributed by atoms with Crippen molar-refractivity contribution in [2.24, 2.45) is 0 Å². The van der Waals surface area contributed by atoms with Gasteiger partial charge in [-0.1, -0.05) is 36.4 Å². The van der Waals surface area contributed by atoms with E-state index in [2.05, 4.69) is 5.32 Å². The molecule has 3 rings (SSSR count). The molecular weight excluding hydrogens is 373 g/mol. The highest BCUT2D eigenvalue weighted by molar-refractivity contribution is 5.94. The summed E-state index contributed by atoms with van der Waals surface area (Å²) < 4.78 is 13.4. The molecule has 0 aromatic heterocycles. The molecule has 1 unspecified atom stereocenters. The SMILES string of the molecule is CC(=O)NC(CC(=O)N1CCN(C(=O)c2cccc(F)c2)CC1)c1ccccc1. The molecule has 6 nitrogen and oxygen atoms in total. The second-order valence-corrected chi connectivity index (χ2v) is 7.05. The van der Waals surface area contributed by atoms with Crippen molar-refractivity contribution in [1.29, 1.82) is 0 Å². The largest absolute Gasteiger partial charge is 0.349 e. The first kappa shape index (κ1) is 20.5. The van der Waals surface area contributed by atoms with Crippen molar-refractivity contribution in [3.63, 3.8) is 0 Å². The fourth-order valence-electron chi connectivity index (χ4n) is 3.45. The summed E-state index contributed by atoms with van der Waals surface area (Å²) in [4.78, 5) is 40.2. The van der Waals surface area contributed by atoms with E-state index in [-0.39, 0.29) is 24.1 Å². The molecular formula is C22H24FN3O3. The van der Waals surface area contributed by atoms with Crippen LogP contribution < -0.4 is 5.32 Å². The zero-order chi connectivity index (χ0) is 20.8. The van der Waals surface area contributed by atoms with Crippen molar-refractivity contribution in [3.05, 3.63) is 71.5 Å². The predicted octanol–water partition coefficient (Wildman–Crippen LogP) is 2.38. The molecule has 3 amide bonds. The summed E-state index contributed by atoms with van der Waals surface area (Å²) in [5.74, 6) is -0.964. The first-order valence-electron chi connectivity index (χ1n) is 9.58. The number of carbonyl (C=O) groups excluding carboxylic acids is 3. The van der Waals surface area contributed by atoms with Crippen molar-refractivity contribution in [2.75, 3.05) is 26.2 Å². The predicted molar refractivity (Wildman–Crippen MR) is 107 cm³/mol. The number of hydrogen-bond acceptors (Lipinski definition) is 3. The van der Waals surface area contributed by atoms with E-state index in [9.17, 15) is 18.8 Å². The van der Waals surface area contributed by atoms with Gasteiger partial charge in [0, 0.05) is 38.7 Å². The summed E-state index contributed by atoms with van der Waals surface area (Å²) in [6.45, 7) is 3.01. The first-order valence-corrected chi connectivity index (χ1v) is 9.58. The molecule has 29 heavy (non-hydrogen) atoms. The number of benzene rings is 2. The molecule has 0 radical (unpaired) electrons. The van der Waals surface area contributed by atoms with Crippen LogP contribution in [-0.4, -0.2) is 53.7 Å². The molecule has 1 atom stereocenters. The first-order chi connectivity index (χ1) is 13.9. The van der Waals surface area contributed by atoms with E-state index in [1.54, 1.807) is 15.9 Å². The summed E-state index contributed by atoms with van der Waals surface area (Å²) in [6, 6.07) is 14.6. The fraction of sp³-hybridized carbons (Fsp3) is 0.318. The van der Waals surface area contributed by atoms with Gasteiger partial charge in [-0.05, 0) is 23.8 Å². The summed E-state index contributed by atoms with van der Waals surface area (Å²) in [6.07, 6.45) is 0.154. The Balaban J connectivity index is 1.59. The lowest BCUT2D eigenvalue weighted by Crippen LogP contribution is -2.51. The van der Waals surface area contributed by atoms with Crippen LogP contribution in [0.4, 0.5) is 4.39 Å². The van der Waals surface area contributed by atoms with Crippen molar-refractivity contribution in [1.82, 2.24) is 15.1 Å². The number of hydrogen-bond donors (Lipinski definition) is 1. The van der Waals surface area contributed by atoms with E-state index < -0.39 is 11.9 Å². The van der Waals surface area contributed by atoms with Crippen LogP contribution >= 0.6 is 0 Å².